The first-order chi connectivity index (χ1) is 7.93. The van der Waals surface area contributed by atoms with E-state index in [0.29, 0.717) is 17.7 Å². The Morgan fingerprint density at radius 2 is 2.18 bits per heavy atom. The Labute approximate surface area is 102 Å². The number of nitrogens with one attached hydrogen (secondary N) is 1. The van der Waals surface area contributed by atoms with E-state index in [9.17, 15) is 8.42 Å². The number of aliphatic hydroxyl groups excluding tert-OH is 1. The topological polar surface area (TPSA) is 92.4 Å². The van der Waals surface area contributed by atoms with E-state index >= 15 is 0 Å². The van der Waals surface area contributed by atoms with Crippen LogP contribution in [-0.4, -0.2) is 26.2 Å². The van der Waals surface area contributed by atoms with Crippen LogP contribution in [0.25, 0.3) is 0 Å². The van der Waals surface area contributed by atoms with Gasteiger partial charge in [0.1, 0.15) is 0 Å². The van der Waals surface area contributed by atoms with Gasteiger partial charge in [-0.05, 0) is 31.0 Å². The molecule has 0 fully saturated rings. The van der Waals surface area contributed by atoms with Gasteiger partial charge in [0.05, 0.1) is 5.75 Å². The number of rotatable bonds is 6. The van der Waals surface area contributed by atoms with Crippen LogP contribution in [0.15, 0.2) is 24.3 Å². The van der Waals surface area contributed by atoms with E-state index < -0.39 is 10.0 Å². The Bertz CT molecular complexity index is 460. The van der Waals surface area contributed by atoms with Gasteiger partial charge in [-0.3, -0.25) is 0 Å². The van der Waals surface area contributed by atoms with Crippen LogP contribution in [0.5, 0.6) is 0 Å². The molecule has 4 N–H and O–H groups in total. The standard InChI is InChI=1S/C11H18N2O3S/c1-9(5-6-14)13-17(15,16)8-10-3-2-4-11(12)7-10/h2-4,7,9,13-14H,5-6,8,12H2,1H3. The van der Waals surface area contributed by atoms with Crippen molar-refractivity contribution >= 4 is 15.7 Å². The highest BCUT2D eigenvalue weighted by molar-refractivity contribution is 7.88. The van der Waals surface area contributed by atoms with Crippen molar-refractivity contribution in [3.05, 3.63) is 29.8 Å². The fourth-order valence-electron chi connectivity index (χ4n) is 1.50. The average molecular weight is 258 g/mol. The number of nitrogens with two attached hydrogens (primary N) is 1. The van der Waals surface area contributed by atoms with Crippen LogP contribution in [-0.2, 0) is 15.8 Å². The second-order valence-corrected chi connectivity index (χ2v) is 5.79. The minimum absolute atomic E-state index is 0.0397. The monoisotopic (exact) mass is 258 g/mol. The van der Waals surface area contributed by atoms with Crippen molar-refractivity contribution in [3.63, 3.8) is 0 Å². The minimum atomic E-state index is -3.39. The molecule has 0 spiro atoms. The van der Waals surface area contributed by atoms with Gasteiger partial charge in [0.15, 0.2) is 0 Å². The lowest BCUT2D eigenvalue weighted by atomic mass is 10.2. The van der Waals surface area contributed by atoms with Crippen LogP contribution < -0.4 is 10.5 Å². The van der Waals surface area contributed by atoms with Crippen LogP contribution in [0.2, 0.25) is 0 Å². The molecule has 0 aliphatic carbocycles. The largest absolute Gasteiger partial charge is 0.399 e. The predicted molar refractivity (Wildman–Crippen MR) is 67.8 cm³/mol. The summed E-state index contributed by atoms with van der Waals surface area (Å²) in [4.78, 5) is 0. The normalized spacial score (nSPS) is 13.5. The van der Waals surface area contributed by atoms with Gasteiger partial charge in [-0.25, -0.2) is 13.1 Å². The molecule has 0 radical (unpaired) electrons. The fourth-order valence-corrected chi connectivity index (χ4v) is 2.94. The molecule has 1 aromatic carbocycles. The third-order valence-electron chi connectivity index (χ3n) is 2.25. The summed E-state index contributed by atoms with van der Waals surface area (Å²) in [6, 6.07) is 6.50. The van der Waals surface area contributed by atoms with Crippen molar-refractivity contribution in [1.29, 1.82) is 0 Å². The number of nitrogen functional groups attached to an aromatic ring is 1. The van der Waals surface area contributed by atoms with Gasteiger partial charge in [-0.2, -0.15) is 0 Å². The molecule has 0 aromatic heterocycles. The van der Waals surface area contributed by atoms with Crippen LogP contribution >= 0.6 is 0 Å². The molecular weight excluding hydrogens is 240 g/mol. The zero-order chi connectivity index (χ0) is 12.9. The third-order valence-corrected chi connectivity index (χ3v) is 3.73. The number of hydrogen-bond donors (Lipinski definition) is 3. The van der Waals surface area contributed by atoms with Gasteiger partial charge >= 0.3 is 0 Å². The van der Waals surface area contributed by atoms with Crippen molar-refractivity contribution in [3.8, 4) is 0 Å². The van der Waals surface area contributed by atoms with Crippen molar-refractivity contribution in [1.82, 2.24) is 4.72 Å². The lowest BCUT2D eigenvalue weighted by molar-refractivity contribution is 0.275. The molecule has 0 saturated heterocycles. The van der Waals surface area contributed by atoms with Gasteiger partial charge in [0, 0.05) is 18.3 Å². The number of anilines is 1. The quantitative estimate of drug-likeness (QED) is 0.646. The van der Waals surface area contributed by atoms with Gasteiger partial charge in [0.25, 0.3) is 0 Å². The summed E-state index contributed by atoms with van der Waals surface area (Å²) in [5, 5.41) is 8.71. The highest BCUT2D eigenvalue weighted by atomic mass is 32.2. The molecule has 96 valence electrons. The Kier molecular flexibility index (Phi) is 4.92. The minimum Gasteiger partial charge on any atom is -0.399 e. The molecule has 0 saturated carbocycles. The molecule has 0 heterocycles. The molecule has 6 heteroatoms. The van der Waals surface area contributed by atoms with E-state index in [4.69, 9.17) is 10.8 Å². The summed E-state index contributed by atoms with van der Waals surface area (Å²) in [6.07, 6.45) is 0.399. The summed E-state index contributed by atoms with van der Waals surface area (Å²) in [5.41, 5.74) is 6.77. The lowest BCUT2D eigenvalue weighted by Crippen LogP contribution is -2.34. The maximum Gasteiger partial charge on any atom is 0.216 e. The molecule has 1 aromatic rings. The molecule has 5 nitrogen and oxygen atoms in total. The van der Waals surface area contributed by atoms with Crippen LogP contribution in [0.1, 0.15) is 18.9 Å². The summed E-state index contributed by atoms with van der Waals surface area (Å²) in [5.74, 6) is -0.103. The molecular formula is C11H18N2O3S. The molecule has 17 heavy (non-hydrogen) atoms. The van der Waals surface area contributed by atoms with E-state index in [1.165, 1.54) is 0 Å². The second-order valence-electron chi connectivity index (χ2n) is 4.04. The van der Waals surface area contributed by atoms with Gasteiger partial charge < -0.3 is 10.8 Å². The van der Waals surface area contributed by atoms with Crippen LogP contribution in [0.4, 0.5) is 5.69 Å². The van der Waals surface area contributed by atoms with Crippen molar-refractivity contribution in [2.75, 3.05) is 12.3 Å². The number of benzene rings is 1. The third kappa shape index (κ3) is 5.16. The molecule has 0 amide bonds. The van der Waals surface area contributed by atoms with Crippen LogP contribution in [0, 0.1) is 0 Å². The summed E-state index contributed by atoms with van der Waals surface area (Å²) in [6.45, 7) is 1.68. The Morgan fingerprint density at radius 3 is 2.76 bits per heavy atom. The van der Waals surface area contributed by atoms with Crippen LogP contribution in [0.3, 0.4) is 0 Å². The van der Waals surface area contributed by atoms with Gasteiger partial charge in [-0.15, -0.1) is 0 Å². The predicted octanol–water partition coefficient (Wildman–Crippen LogP) is 0.459. The summed E-state index contributed by atoms with van der Waals surface area (Å²) < 4.78 is 26.0. The first-order valence-corrected chi connectivity index (χ1v) is 7.03. The van der Waals surface area contributed by atoms with Crippen molar-refractivity contribution < 1.29 is 13.5 Å². The molecule has 1 rings (SSSR count). The maximum absolute atomic E-state index is 11.8. The number of sulfonamides is 1. The molecule has 0 aliphatic rings. The molecule has 1 atom stereocenters. The van der Waals surface area contributed by atoms with Crippen molar-refractivity contribution in [2.24, 2.45) is 0 Å². The SMILES string of the molecule is CC(CCO)NS(=O)(=O)Cc1cccc(N)c1. The van der Waals surface area contributed by atoms with E-state index in [0.717, 1.165) is 0 Å². The van der Waals surface area contributed by atoms with E-state index in [2.05, 4.69) is 4.72 Å². The number of aliphatic hydroxyl groups is 1. The van der Waals surface area contributed by atoms with Gasteiger partial charge in [-0.1, -0.05) is 12.1 Å². The second kappa shape index (κ2) is 6.00. The highest BCUT2D eigenvalue weighted by Gasteiger charge is 2.14. The molecule has 0 aliphatic heterocycles. The maximum atomic E-state index is 11.8. The van der Waals surface area contributed by atoms with Gasteiger partial charge in [0.2, 0.25) is 10.0 Å². The Balaban J connectivity index is 2.67. The van der Waals surface area contributed by atoms with Crippen molar-refractivity contribution in [2.45, 2.75) is 25.1 Å². The smallest absolute Gasteiger partial charge is 0.216 e. The zero-order valence-corrected chi connectivity index (χ0v) is 10.6. The number of hydrogen-bond acceptors (Lipinski definition) is 4. The summed E-state index contributed by atoms with van der Waals surface area (Å²) in [7, 11) is -3.39. The molecule has 1 unspecified atom stereocenters. The van der Waals surface area contributed by atoms with E-state index in [1.807, 2.05) is 0 Å². The highest BCUT2D eigenvalue weighted by Crippen LogP contribution is 2.10. The lowest BCUT2D eigenvalue weighted by Gasteiger charge is -2.13. The fraction of sp³-hybridized carbons (Fsp3) is 0.455. The summed E-state index contributed by atoms with van der Waals surface area (Å²) >= 11 is 0. The Hall–Kier alpha value is -1.11. The van der Waals surface area contributed by atoms with E-state index in [-0.39, 0.29) is 18.4 Å². The van der Waals surface area contributed by atoms with E-state index in [1.54, 1.807) is 31.2 Å². The first-order valence-electron chi connectivity index (χ1n) is 5.38. The average Bonchev–Trinajstić information content (AvgIpc) is 2.15. The molecule has 0 bridgehead atoms. The first kappa shape index (κ1) is 14.0. The Morgan fingerprint density at radius 1 is 1.47 bits per heavy atom. The zero-order valence-electron chi connectivity index (χ0n) is 9.76.